The number of aliphatic hydroxyl groups is 1. The number of fused-ring (bicyclic) bond motifs is 4. The van der Waals surface area contributed by atoms with Crippen LogP contribution in [0.3, 0.4) is 0 Å². The molecule has 1 aromatic carbocycles. The molecule has 0 aromatic heterocycles. The Morgan fingerprint density at radius 2 is 1.92 bits per heavy atom. The number of benzene rings is 1. The predicted octanol–water partition coefficient (Wildman–Crippen LogP) is 3.64. The van der Waals surface area contributed by atoms with Gasteiger partial charge in [-0.1, -0.05) is 26.8 Å². The molecule has 0 radical (unpaired) electrons. The lowest BCUT2D eigenvalue weighted by Gasteiger charge is -2.62. The van der Waals surface area contributed by atoms with Gasteiger partial charge in [-0.25, -0.2) is 0 Å². The lowest BCUT2D eigenvalue weighted by Crippen LogP contribution is -2.65. The van der Waals surface area contributed by atoms with Crippen LogP contribution in [0.25, 0.3) is 0 Å². The number of aromatic hydroxyl groups is 1. The third-order valence-electron chi connectivity index (χ3n) is 7.28. The molecule has 2 fully saturated rings. The van der Waals surface area contributed by atoms with Gasteiger partial charge in [0.15, 0.2) is 0 Å². The van der Waals surface area contributed by atoms with Gasteiger partial charge in [0.1, 0.15) is 5.75 Å². The Hall–Kier alpha value is -0.770. The fourth-order valence-electron chi connectivity index (χ4n) is 5.54. The highest BCUT2D eigenvalue weighted by Gasteiger charge is 2.58. The zero-order chi connectivity index (χ0) is 16.5. The van der Waals surface area contributed by atoms with Crippen molar-refractivity contribution in [2.75, 3.05) is 13.1 Å². The van der Waals surface area contributed by atoms with Crippen LogP contribution < -0.4 is 0 Å². The maximum Gasteiger partial charge on any atom is 0.115 e. The number of hydrogen-bond donors (Lipinski definition) is 2. The van der Waals surface area contributed by atoms with Crippen LogP contribution in [0.4, 0.5) is 0 Å². The average molecular weight is 352 g/mol. The topological polar surface area (TPSA) is 43.7 Å². The summed E-state index contributed by atoms with van der Waals surface area (Å²) in [5, 5.41) is 20.5. The average Bonchev–Trinajstić information content (AvgIpc) is 3.21. The molecule has 1 aliphatic heterocycles. The summed E-state index contributed by atoms with van der Waals surface area (Å²) in [6.45, 7) is 8.98. The molecule has 0 amide bonds. The highest BCUT2D eigenvalue weighted by atomic mass is 35.5. The largest absolute Gasteiger partial charge is 0.508 e. The van der Waals surface area contributed by atoms with Crippen LogP contribution in [0.15, 0.2) is 18.2 Å². The number of hydrogen-bond acceptors (Lipinski definition) is 3. The summed E-state index contributed by atoms with van der Waals surface area (Å²) < 4.78 is 0. The van der Waals surface area contributed by atoms with E-state index in [4.69, 9.17) is 0 Å². The van der Waals surface area contributed by atoms with Crippen molar-refractivity contribution in [3.63, 3.8) is 0 Å². The van der Waals surface area contributed by atoms with Gasteiger partial charge in [-0.05, 0) is 67.3 Å². The van der Waals surface area contributed by atoms with Gasteiger partial charge in [0.05, 0.1) is 5.60 Å². The second kappa shape index (κ2) is 5.62. The molecule has 2 N–H and O–H groups in total. The van der Waals surface area contributed by atoms with Crippen LogP contribution >= 0.6 is 12.4 Å². The highest BCUT2D eigenvalue weighted by molar-refractivity contribution is 5.85. The number of nitrogens with zero attached hydrogens (tertiary/aromatic N) is 1. The Bertz CT molecular complexity index is 641. The second-order valence-corrected chi connectivity index (χ2v) is 8.66. The Balaban J connectivity index is 0.00000169. The third kappa shape index (κ3) is 2.40. The Morgan fingerprint density at radius 3 is 2.54 bits per heavy atom. The van der Waals surface area contributed by atoms with Crippen LogP contribution in [0.2, 0.25) is 0 Å². The molecule has 1 saturated heterocycles. The maximum atomic E-state index is 10.4. The van der Waals surface area contributed by atoms with Crippen molar-refractivity contribution < 1.29 is 10.2 Å². The predicted molar refractivity (Wildman–Crippen MR) is 99.0 cm³/mol. The molecule has 24 heavy (non-hydrogen) atoms. The van der Waals surface area contributed by atoms with Gasteiger partial charge in [0, 0.05) is 18.0 Å². The van der Waals surface area contributed by atoms with Crippen molar-refractivity contribution in [3.8, 4) is 5.75 Å². The van der Waals surface area contributed by atoms with Crippen molar-refractivity contribution in [3.05, 3.63) is 29.3 Å². The molecule has 0 spiro atoms. The molecule has 4 rings (SSSR count). The quantitative estimate of drug-likeness (QED) is 0.873. The van der Waals surface area contributed by atoms with E-state index >= 15 is 0 Å². The van der Waals surface area contributed by atoms with Gasteiger partial charge in [0.2, 0.25) is 0 Å². The van der Waals surface area contributed by atoms with Gasteiger partial charge >= 0.3 is 0 Å². The SMILES string of the molecule is CC[C@]12CCN(CC3(O)CC3)C(Cc3ccc(O)cc31)C2(C)C.Cl. The van der Waals surface area contributed by atoms with Crippen LogP contribution in [-0.2, 0) is 11.8 Å². The molecule has 2 bridgehead atoms. The van der Waals surface area contributed by atoms with E-state index in [9.17, 15) is 10.2 Å². The van der Waals surface area contributed by atoms with Gasteiger partial charge in [-0.2, -0.15) is 0 Å². The van der Waals surface area contributed by atoms with Crippen molar-refractivity contribution >= 4 is 12.4 Å². The number of phenolic OH excluding ortho intramolecular Hbond substituents is 1. The van der Waals surface area contributed by atoms with E-state index in [-0.39, 0.29) is 23.2 Å². The molecule has 1 saturated carbocycles. The number of phenols is 1. The van der Waals surface area contributed by atoms with E-state index in [1.165, 1.54) is 11.1 Å². The summed E-state index contributed by atoms with van der Waals surface area (Å²) in [4.78, 5) is 2.55. The molecule has 2 atom stereocenters. The van der Waals surface area contributed by atoms with Crippen LogP contribution in [0.1, 0.15) is 57.6 Å². The first-order valence-electron chi connectivity index (χ1n) is 9.10. The summed E-state index contributed by atoms with van der Waals surface area (Å²) in [7, 11) is 0. The van der Waals surface area contributed by atoms with Gasteiger partial charge in [0.25, 0.3) is 0 Å². The standard InChI is InChI=1S/C20H29NO2.ClH/c1-4-20-9-10-21(13-19(23)7-8-19)17(18(20,2)3)11-14-5-6-15(22)12-16(14)20;/h5-6,12,17,22-23H,4,7-11,13H2,1-3H3;1H/t17?,20-;/m0./s1. The number of piperidine rings is 1. The van der Waals surface area contributed by atoms with E-state index in [2.05, 4.69) is 31.7 Å². The fourth-order valence-corrected chi connectivity index (χ4v) is 5.54. The van der Waals surface area contributed by atoms with E-state index in [0.717, 1.165) is 45.2 Å². The van der Waals surface area contributed by atoms with E-state index in [1.807, 2.05) is 12.1 Å². The fraction of sp³-hybridized carbons (Fsp3) is 0.700. The lowest BCUT2D eigenvalue weighted by atomic mass is 9.49. The van der Waals surface area contributed by atoms with Gasteiger partial charge < -0.3 is 10.2 Å². The van der Waals surface area contributed by atoms with Crippen LogP contribution in [0.5, 0.6) is 5.75 Å². The second-order valence-electron chi connectivity index (χ2n) is 8.66. The van der Waals surface area contributed by atoms with E-state index < -0.39 is 5.60 Å². The number of halogens is 1. The number of β-amino-alcohol motifs (C(OH)–C–C–N with tert-alkyl or cyclic N) is 1. The molecule has 1 heterocycles. The highest BCUT2D eigenvalue weighted by Crippen LogP contribution is 2.58. The maximum absolute atomic E-state index is 10.4. The minimum atomic E-state index is -0.419. The number of rotatable bonds is 3. The Morgan fingerprint density at radius 1 is 1.21 bits per heavy atom. The monoisotopic (exact) mass is 351 g/mol. The normalized spacial score (nSPS) is 32.6. The summed E-state index contributed by atoms with van der Waals surface area (Å²) in [5.74, 6) is 0.389. The van der Waals surface area contributed by atoms with Crippen LogP contribution in [0, 0.1) is 5.41 Å². The van der Waals surface area contributed by atoms with Gasteiger partial charge in [-0.15, -0.1) is 12.4 Å². The smallest absolute Gasteiger partial charge is 0.115 e. The summed E-state index contributed by atoms with van der Waals surface area (Å²) in [5.41, 5.74) is 2.61. The minimum absolute atomic E-state index is 0. The van der Waals surface area contributed by atoms with Crippen molar-refractivity contribution in [2.24, 2.45) is 5.41 Å². The zero-order valence-corrected chi connectivity index (χ0v) is 15.8. The first kappa shape index (κ1) is 18.0. The molecule has 134 valence electrons. The molecule has 3 aliphatic rings. The summed E-state index contributed by atoms with van der Waals surface area (Å²) in [6.07, 6.45) is 5.16. The third-order valence-corrected chi connectivity index (χ3v) is 7.28. The van der Waals surface area contributed by atoms with Crippen molar-refractivity contribution in [2.45, 2.75) is 69.9 Å². The molecule has 2 aliphatic carbocycles. The van der Waals surface area contributed by atoms with Gasteiger partial charge in [-0.3, -0.25) is 4.90 Å². The van der Waals surface area contributed by atoms with Crippen LogP contribution in [-0.4, -0.2) is 39.8 Å². The Labute approximate surface area is 151 Å². The molecular weight excluding hydrogens is 322 g/mol. The Kier molecular flexibility index (Phi) is 4.22. The molecule has 1 unspecified atom stereocenters. The first-order chi connectivity index (χ1) is 10.8. The molecular formula is C20H30ClNO2. The molecule has 4 heteroatoms. The number of likely N-dealkylation sites (tertiary alicyclic amines) is 1. The summed E-state index contributed by atoms with van der Waals surface area (Å²) >= 11 is 0. The van der Waals surface area contributed by atoms with Crippen molar-refractivity contribution in [1.82, 2.24) is 4.90 Å². The first-order valence-corrected chi connectivity index (χ1v) is 9.10. The minimum Gasteiger partial charge on any atom is -0.508 e. The molecule has 3 nitrogen and oxygen atoms in total. The van der Waals surface area contributed by atoms with E-state index in [1.54, 1.807) is 0 Å². The zero-order valence-electron chi connectivity index (χ0n) is 15.0. The lowest BCUT2D eigenvalue weighted by molar-refractivity contribution is -0.0665. The van der Waals surface area contributed by atoms with Crippen molar-refractivity contribution in [1.29, 1.82) is 0 Å². The molecule has 1 aromatic rings. The van der Waals surface area contributed by atoms with E-state index in [0.29, 0.717) is 11.8 Å². The summed E-state index contributed by atoms with van der Waals surface area (Å²) in [6, 6.07) is 6.43.